The van der Waals surface area contributed by atoms with Gasteiger partial charge in [-0.05, 0) is 79.4 Å². The molecule has 2 heterocycles. The monoisotopic (exact) mass is 552 g/mol. The van der Waals surface area contributed by atoms with Crippen molar-refractivity contribution in [3.05, 3.63) is 76.5 Å². The summed E-state index contributed by atoms with van der Waals surface area (Å²) in [5.74, 6) is 0.0272. The SMILES string of the molecule is C=CCc1cc(C=C2SC(=O)N(CC(=O)N3CCCCCC3)C2=O)cc(OCC)c1OCc1ccc(F)cc1. The maximum Gasteiger partial charge on any atom is 0.294 e. The van der Waals surface area contributed by atoms with Gasteiger partial charge in [0.2, 0.25) is 5.91 Å². The lowest BCUT2D eigenvalue weighted by molar-refractivity contribution is -0.135. The van der Waals surface area contributed by atoms with Gasteiger partial charge in [0, 0.05) is 18.7 Å². The van der Waals surface area contributed by atoms with E-state index >= 15 is 0 Å². The van der Waals surface area contributed by atoms with Crippen LogP contribution in [0.1, 0.15) is 49.3 Å². The van der Waals surface area contributed by atoms with Crippen molar-refractivity contribution in [1.29, 1.82) is 0 Å². The summed E-state index contributed by atoms with van der Waals surface area (Å²) in [6, 6.07) is 9.69. The first-order valence-electron chi connectivity index (χ1n) is 13.2. The number of hydrogen-bond donors (Lipinski definition) is 0. The van der Waals surface area contributed by atoms with Gasteiger partial charge < -0.3 is 14.4 Å². The highest BCUT2D eigenvalue weighted by Gasteiger charge is 2.37. The van der Waals surface area contributed by atoms with Gasteiger partial charge in [0.05, 0.1) is 11.5 Å². The summed E-state index contributed by atoms with van der Waals surface area (Å²) in [4.78, 5) is 41.6. The first-order chi connectivity index (χ1) is 18.9. The van der Waals surface area contributed by atoms with Gasteiger partial charge in [0.25, 0.3) is 11.1 Å². The normalized spacial score (nSPS) is 16.9. The molecular weight excluding hydrogens is 519 g/mol. The van der Waals surface area contributed by atoms with Gasteiger partial charge >= 0.3 is 0 Å². The molecule has 2 aromatic rings. The number of carbonyl (C=O) groups is 3. The second-order valence-electron chi connectivity index (χ2n) is 9.41. The third-order valence-electron chi connectivity index (χ3n) is 6.54. The largest absolute Gasteiger partial charge is 0.490 e. The Morgan fingerprint density at radius 3 is 2.46 bits per heavy atom. The second kappa shape index (κ2) is 13.5. The summed E-state index contributed by atoms with van der Waals surface area (Å²) in [5, 5.41) is -0.454. The van der Waals surface area contributed by atoms with Gasteiger partial charge in [0.1, 0.15) is 19.0 Å². The molecular formula is C30H33FN2O5S. The average Bonchev–Trinajstić information content (AvgIpc) is 3.10. The van der Waals surface area contributed by atoms with Crippen molar-refractivity contribution in [3.63, 3.8) is 0 Å². The molecule has 4 rings (SSSR count). The van der Waals surface area contributed by atoms with E-state index in [4.69, 9.17) is 9.47 Å². The van der Waals surface area contributed by atoms with E-state index in [1.165, 1.54) is 12.1 Å². The van der Waals surface area contributed by atoms with E-state index in [2.05, 4.69) is 6.58 Å². The Hall–Kier alpha value is -3.59. The summed E-state index contributed by atoms with van der Waals surface area (Å²) >= 11 is 0.826. The quantitative estimate of drug-likeness (QED) is 0.267. The van der Waals surface area contributed by atoms with Crippen LogP contribution in [0.3, 0.4) is 0 Å². The van der Waals surface area contributed by atoms with Crippen LogP contribution in [-0.4, -0.2) is 53.1 Å². The molecule has 0 saturated carbocycles. The number of ether oxygens (including phenoxy) is 2. The van der Waals surface area contributed by atoms with Crippen LogP contribution in [0, 0.1) is 5.82 Å². The molecule has 0 aliphatic carbocycles. The zero-order valence-electron chi connectivity index (χ0n) is 22.1. The molecule has 0 radical (unpaired) electrons. The van der Waals surface area contributed by atoms with Crippen LogP contribution in [0.5, 0.6) is 11.5 Å². The molecule has 0 spiro atoms. The zero-order chi connectivity index (χ0) is 27.8. The van der Waals surface area contributed by atoms with Crippen molar-refractivity contribution < 1.29 is 28.2 Å². The number of allylic oxidation sites excluding steroid dienone is 1. The number of carbonyl (C=O) groups excluding carboxylic acids is 3. The second-order valence-corrected chi connectivity index (χ2v) is 10.4. The van der Waals surface area contributed by atoms with Crippen molar-refractivity contribution in [2.45, 2.75) is 45.6 Å². The van der Waals surface area contributed by atoms with Crippen LogP contribution in [0.4, 0.5) is 9.18 Å². The minimum Gasteiger partial charge on any atom is -0.490 e. The molecule has 9 heteroatoms. The van der Waals surface area contributed by atoms with Crippen LogP contribution >= 0.6 is 11.8 Å². The minimum atomic E-state index is -0.479. The van der Waals surface area contributed by atoms with Crippen LogP contribution in [-0.2, 0) is 22.6 Å². The Morgan fingerprint density at radius 2 is 1.79 bits per heavy atom. The summed E-state index contributed by atoms with van der Waals surface area (Å²) < 4.78 is 25.2. The topological polar surface area (TPSA) is 76.2 Å². The average molecular weight is 553 g/mol. The highest BCUT2D eigenvalue weighted by molar-refractivity contribution is 8.18. The maximum atomic E-state index is 13.3. The first kappa shape index (κ1) is 28.4. The number of benzene rings is 2. The van der Waals surface area contributed by atoms with Gasteiger partial charge in [-0.3, -0.25) is 19.3 Å². The Kier molecular flexibility index (Phi) is 9.81. The molecule has 2 saturated heterocycles. The van der Waals surface area contributed by atoms with Crippen LogP contribution in [0.2, 0.25) is 0 Å². The highest BCUT2D eigenvalue weighted by Crippen LogP contribution is 2.38. The van der Waals surface area contributed by atoms with Gasteiger partial charge in [0.15, 0.2) is 11.5 Å². The van der Waals surface area contributed by atoms with Gasteiger partial charge in [-0.2, -0.15) is 0 Å². The van der Waals surface area contributed by atoms with Crippen LogP contribution < -0.4 is 9.47 Å². The minimum absolute atomic E-state index is 0.199. The van der Waals surface area contributed by atoms with Crippen LogP contribution in [0.15, 0.2) is 54.0 Å². The molecule has 2 fully saturated rings. The molecule has 39 heavy (non-hydrogen) atoms. The van der Waals surface area contributed by atoms with Crippen LogP contribution in [0.25, 0.3) is 6.08 Å². The number of halogens is 1. The van der Waals surface area contributed by atoms with Crippen molar-refractivity contribution in [3.8, 4) is 11.5 Å². The van der Waals surface area contributed by atoms with Crippen molar-refractivity contribution in [1.82, 2.24) is 9.80 Å². The van der Waals surface area contributed by atoms with Crippen molar-refractivity contribution in [2.75, 3.05) is 26.2 Å². The van der Waals surface area contributed by atoms with Crippen molar-refractivity contribution >= 4 is 34.9 Å². The van der Waals surface area contributed by atoms with Gasteiger partial charge in [-0.15, -0.1) is 6.58 Å². The summed E-state index contributed by atoms with van der Waals surface area (Å²) in [6.07, 6.45) is 7.90. The summed E-state index contributed by atoms with van der Waals surface area (Å²) in [5.41, 5.74) is 2.25. The van der Waals surface area contributed by atoms with E-state index in [0.717, 1.165) is 53.5 Å². The standard InChI is InChI=1S/C30H33FN2O5S/c1-3-9-23-16-22(17-25(37-4-2)28(23)38-20-21-10-12-24(31)13-11-21)18-26-29(35)33(30(36)39-26)19-27(34)32-14-7-5-6-8-15-32/h3,10-13,16-18H,1,4-9,14-15,19-20H2,2H3. The number of amides is 3. The first-order valence-corrected chi connectivity index (χ1v) is 14.0. The molecule has 2 aliphatic rings. The van der Waals surface area contributed by atoms with Gasteiger partial charge in [-0.1, -0.05) is 31.1 Å². The fourth-order valence-electron chi connectivity index (χ4n) is 4.58. The summed E-state index contributed by atoms with van der Waals surface area (Å²) in [6.45, 7) is 7.37. The molecule has 3 amide bonds. The van der Waals surface area contributed by atoms with E-state index in [1.807, 2.05) is 13.0 Å². The number of thioether (sulfide) groups is 1. The third-order valence-corrected chi connectivity index (χ3v) is 7.45. The number of likely N-dealkylation sites (tertiary alicyclic amines) is 1. The smallest absolute Gasteiger partial charge is 0.294 e. The van der Waals surface area contributed by atoms with Gasteiger partial charge in [-0.25, -0.2) is 4.39 Å². The summed E-state index contributed by atoms with van der Waals surface area (Å²) in [7, 11) is 0. The zero-order valence-corrected chi connectivity index (χ0v) is 22.9. The fourth-order valence-corrected chi connectivity index (χ4v) is 5.42. The van der Waals surface area contributed by atoms with Crippen molar-refractivity contribution in [2.24, 2.45) is 0 Å². The number of imide groups is 1. The molecule has 0 N–H and O–H groups in total. The number of nitrogens with zero attached hydrogens (tertiary/aromatic N) is 2. The maximum absolute atomic E-state index is 13.3. The molecule has 0 aromatic heterocycles. The fraction of sp³-hybridized carbons (Fsp3) is 0.367. The Labute approximate surface area is 232 Å². The molecule has 206 valence electrons. The highest BCUT2D eigenvalue weighted by atomic mass is 32.2. The lowest BCUT2D eigenvalue weighted by Gasteiger charge is -2.22. The predicted molar refractivity (Wildman–Crippen MR) is 150 cm³/mol. The third kappa shape index (κ3) is 7.29. The molecule has 2 aliphatic heterocycles. The number of hydrogen-bond acceptors (Lipinski definition) is 6. The number of rotatable bonds is 10. The van der Waals surface area contributed by atoms with E-state index in [9.17, 15) is 18.8 Å². The van der Waals surface area contributed by atoms with E-state index in [-0.39, 0.29) is 29.8 Å². The Bertz CT molecular complexity index is 1250. The van der Waals surface area contributed by atoms with E-state index in [1.54, 1.807) is 35.3 Å². The predicted octanol–water partition coefficient (Wildman–Crippen LogP) is 5.97. The molecule has 0 bridgehead atoms. The molecule has 2 aromatic carbocycles. The lowest BCUT2D eigenvalue weighted by atomic mass is 10.0. The molecule has 0 atom stereocenters. The Morgan fingerprint density at radius 1 is 1.08 bits per heavy atom. The van der Waals surface area contributed by atoms with E-state index < -0.39 is 11.1 Å². The van der Waals surface area contributed by atoms with E-state index in [0.29, 0.717) is 43.2 Å². The molecule has 0 unspecified atom stereocenters. The Balaban J connectivity index is 1.55. The molecule has 7 nitrogen and oxygen atoms in total. The lowest BCUT2D eigenvalue weighted by Crippen LogP contribution is -2.42.